The Labute approximate surface area is 168 Å². The van der Waals surface area contributed by atoms with Crippen molar-refractivity contribution in [2.45, 2.75) is 89.8 Å². The number of carboxylic acids is 1. The number of hydrogen-bond acceptors (Lipinski definition) is 3. The van der Waals surface area contributed by atoms with E-state index in [4.69, 9.17) is 5.11 Å². The monoisotopic (exact) mass is 386 g/mol. The van der Waals surface area contributed by atoms with E-state index in [1.54, 1.807) is 0 Å². The van der Waals surface area contributed by atoms with Crippen molar-refractivity contribution < 1.29 is 20.1 Å². The van der Waals surface area contributed by atoms with Gasteiger partial charge in [-0.1, -0.05) is 34.6 Å². The minimum absolute atomic E-state index is 0.0520. The van der Waals surface area contributed by atoms with Gasteiger partial charge in [-0.25, -0.2) is 0 Å². The van der Waals surface area contributed by atoms with Gasteiger partial charge in [-0.3, -0.25) is 4.79 Å². The smallest absolute Gasteiger partial charge is 0.303 e. The molecule has 0 aromatic rings. The van der Waals surface area contributed by atoms with Crippen LogP contribution in [0.15, 0.2) is 22.8 Å². The molecule has 0 bridgehead atoms. The fourth-order valence-corrected chi connectivity index (χ4v) is 5.06. The van der Waals surface area contributed by atoms with E-state index in [2.05, 4.69) is 31.8 Å². The Hall–Kier alpha value is -1.57. The van der Waals surface area contributed by atoms with Crippen LogP contribution in [0.25, 0.3) is 0 Å². The van der Waals surface area contributed by atoms with Crippen LogP contribution in [0.2, 0.25) is 0 Å². The number of allylic oxidation sites excluding steroid dienone is 4. The van der Waals surface area contributed by atoms with Crippen molar-refractivity contribution in [2.75, 3.05) is 0 Å². The summed E-state index contributed by atoms with van der Waals surface area (Å²) in [5.41, 5.74) is 3.31. The molecule has 0 aromatic heterocycles. The first-order valence-corrected chi connectivity index (χ1v) is 10.8. The quantitative estimate of drug-likeness (QED) is 0.384. The van der Waals surface area contributed by atoms with E-state index in [0.29, 0.717) is 31.1 Å². The van der Waals surface area contributed by atoms with Crippen molar-refractivity contribution in [3.05, 3.63) is 22.8 Å². The van der Waals surface area contributed by atoms with Crippen molar-refractivity contribution in [1.82, 2.24) is 0 Å². The zero-order valence-electron chi connectivity index (χ0n) is 17.2. The summed E-state index contributed by atoms with van der Waals surface area (Å²) in [6, 6.07) is 0. The van der Waals surface area contributed by atoms with Crippen molar-refractivity contribution in [3.8, 4) is 11.8 Å². The van der Waals surface area contributed by atoms with E-state index < -0.39 is 17.7 Å². The molecule has 3 rings (SSSR count). The molecule has 0 aliphatic heterocycles. The third-order valence-electron chi connectivity index (χ3n) is 6.97. The molecule has 4 atom stereocenters. The number of aliphatic carboxylic acids is 1. The van der Waals surface area contributed by atoms with Crippen LogP contribution in [0.3, 0.4) is 0 Å². The number of aliphatic hydroxyl groups excluding tert-OH is 1. The Morgan fingerprint density at radius 1 is 1.25 bits per heavy atom. The maximum Gasteiger partial charge on any atom is 0.303 e. The highest BCUT2D eigenvalue weighted by Crippen LogP contribution is 2.52. The first-order chi connectivity index (χ1) is 13.3. The van der Waals surface area contributed by atoms with Gasteiger partial charge in [0.25, 0.3) is 0 Å². The highest BCUT2D eigenvalue weighted by Gasteiger charge is 2.46. The van der Waals surface area contributed by atoms with Crippen molar-refractivity contribution in [1.29, 1.82) is 0 Å². The van der Waals surface area contributed by atoms with Crippen LogP contribution in [-0.4, -0.2) is 33.0 Å². The van der Waals surface area contributed by atoms with Crippen molar-refractivity contribution in [3.63, 3.8) is 0 Å². The largest absolute Gasteiger partial charge is 0.481 e. The maximum atomic E-state index is 10.9. The third kappa shape index (κ3) is 4.88. The van der Waals surface area contributed by atoms with E-state index in [9.17, 15) is 15.0 Å². The Morgan fingerprint density at radius 2 is 1.96 bits per heavy atom. The maximum absolute atomic E-state index is 10.9. The summed E-state index contributed by atoms with van der Waals surface area (Å²) in [5, 5.41) is 30.1. The Morgan fingerprint density at radius 3 is 2.61 bits per heavy atom. The molecule has 3 aliphatic carbocycles. The lowest BCUT2D eigenvalue weighted by Gasteiger charge is -2.48. The SMILES string of the molecule is CC(C)=C1CCC(O)(C#CC2[C@H](O)CC[C@@H]3/C(=C/CCCC(=O)O)C[C@H]23)CC1. The molecule has 3 fully saturated rings. The van der Waals surface area contributed by atoms with E-state index in [0.717, 1.165) is 38.5 Å². The van der Waals surface area contributed by atoms with Gasteiger partial charge in [-0.05, 0) is 83.5 Å². The molecule has 4 heteroatoms. The van der Waals surface area contributed by atoms with Gasteiger partial charge in [0.15, 0.2) is 0 Å². The van der Waals surface area contributed by atoms with Gasteiger partial charge in [-0.2, -0.15) is 0 Å². The molecule has 3 N–H and O–H groups in total. The average Bonchev–Trinajstić information content (AvgIpc) is 2.62. The van der Waals surface area contributed by atoms with E-state index in [-0.39, 0.29) is 12.3 Å². The molecule has 0 spiro atoms. The standard InChI is InChI=1S/C24H34O4/c1-16(2)17-9-12-24(28,13-10-17)14-11-20-21-15-18(5-3-4-6-23(26)27)19(21)7-8-22(20)25/h5,19-22,25,28H,3-4,6-10,12-13,15H2,1-2H3,(H,26,27)/b18-5+/t19-,20?,21+,22-/m1/s1. The molecule has 1 unspecified atom stereocenters. The topological polar surface area (TPSA) is 77.8 Å². The number of unbranched alkanes of at least 4 members (excludes halogenated alkanes) is 1. The van der Waals surface area contributed by atoms with Crippen LogP contribution in [0.1, 0.15) is 78.1 Å². The van der Waals surface area contributed by atoms with Crippen LogP contribution in [0.5, 0.6) is 0 Å². The summed E-state index contributed by atoms with van der Waals surface area (Å²) in [4.78, 5) is 10.6. The third-order valence-corrected chi connectivity index (χ3v) is 6.97. The summed E-state index contributed by atoms with van der Waals surface area (Å²) in [7, 11) is 0. The zero-order valence-corrected chi connectivity index (χ0v) is 17.2. The molecule has 0 heterocycles. The lowest BCUT2D eigenvalue weighted by atomic mass is 9.57. The van der Waals surface area contributed by atoms with E-state index in [1.165, 1.54) is 16.7 Å². The number of fused-ring (bicyclic) bond motifs is 1. The molecule has 3 saturated carbocycles. The second-order valence-electron chi connectivity index (χ2n) is 9.11. The number of carboxylic acid groups (broad SMARTS) is 1. The molecule has 4 nitrogen and oxygen atoms in total. The lowest BCUT2D eigenvalue weighted by molar-refractivity contribution is -0.137. The Bertz CT molecular complexity index is 707. The summed E-state index contributed by atoms with van der Waals surface area (Å²) in [6.07, 6.45) is 9.43. The summed E-state index contributed by atoms with van der Waals surface area (Å²) in [6.45, 7) is 4.26. The molecule has 154 valence electrons. The molecule has 28 heavy (non-hydrogen) atoms. The zero-order chi connectivity index (χ0) is 20.3. The molecule has 0 aromatic carbocycles. The van der Waals surface area contributed by atoms with Crippen LogP contribution in [0, 0.1) is 29.6 Å². The molecule has 0 saturated heterocycles. The van der Waals surface area contributed by atoms with Crippen LogP contribution < -0.4 is 0 Å². The van der Waals surface area contributed by atoms with Gasteiger partial charge in [0, 0.05) is 6.42 Å². The second-order valence-corrected chi connectivity index (χ2v) is 9.11. The number of aliphatic hydroxyl groups is 2. The van der Waals surface area contributed by atoms with Gasteiger partial charge in [0.05, 0.1) is 12.0 Å². The van der Waals surface area contributed by atoms with E-state index >= 15 is 0 Å². The predicted molar refractivity (Wildman–Crippen MR) is 109 cm³/mol. The molecular formula is C24H34O4. The van der Waals surface area contributed by atoms with Gasteiger partial charge in [0.2, 0.25) is 0 Å². The predicted octanol–water partition coefficient (Wildman–Crippen LogP) is 4.22. The highest BCUT2D eigenvalue weighted by atomic mass is 16.4. The average molecular weight is 387 g/mol. The summed E-state index contributed by atoms with van der Waals surface area (Å²) in [5.74, 6) is 6.51. The molecule has 3 aliphatic rings. The molecular weight excluding hydrogens is 352 g/mol. The number of hydrogen-bond donors (Lipinski definition) is 3. The summed E-state index contributed by atoms with van der Waals surface area (Å²) < 4.78 is 0. The van der Waals surface area contributed by atoms with E-state index in [1.807, 2.05) is 0 Å². The van der Waals surface area contributed by atoms with Crippen molar-refractivity contribution >= 4 is 5.97 Å². The summed E-state index contributed by atoms with van der Waals surface area (Å²) >= 11 is 0. The minimum atomic E-state index is -0.912. The number of carbonyl (C=O) groups is 1. The van der Waals surface area contributed by atoms with Crippen LogP contribution >= 0.6 is 0 Å². The van der Waals surface area contributed by atoms with Crippen LogP contribution in [0.4, 0.5) is 0 Å². The lowest BCUT2D eigenvalue weighted by Crippen LogP contribution is -2.44. The van der Waals surface area contributed by atoms with Gasteiger partial charge in [0.1, 0.15) is 5.60 Å². The fourth-order valence-electron chi connectivity index (χ4n) is 5.06. The highest BCUT2D eigenvalue weighted by molar-refractivity contribution is 5.66. The van der Waals surface area contributed by atoms with Crippen molar-refractivity contribution in [2.24, 2.45) is 17.8 Å². The molecule has 0 amide bonds. The Kier molecular flexibility index (Phi) is 6.68. The van der Waals surface area contributed by atoms with Crippen LogP contribution in [-0.2, 0) is 4.79 Å². The number of rotatable bonds is 4. The fraction of sp³-hybridized carbons (Fsp3) is 0.708. The Balaban J connectivity index is 1.59. The normalized spacial score (nSPS) is 36.1. The van der Waals surface area contributed by atoms with Gasteiger partial charge in [-0.15, -0.1) is 0 Å². The van der Waals surface area contributed by atoms with Gasteiger partial charge < -0.3 is 15.3 Å². The molecule has 0 radical (unpaired) electrons. The van der Waals surface area contributed by atoms with Gasteiger partial charge >= 0.3 is 5.97 Å². The first-order valence-electron chi connectivity index (χ1n) is 10.8. The first kappa shape index (κ1) is 21.1. The minimum Gasteiger partial charge on any atom is -0.481 e. The second kappa shape index (κ2) is 8.84.